The molecule has 0 spiro atoms. The first-order valence-electron chi connectivity index (χ1n) is 13.7. The fourth-order valence-electron chi connectivity index (χ4n) is 3.59. The minimum atomic E-state index is -3.59. The van der Waals surface area contributed by atoms with Crippen LogP contribution in [0.5, 0.6) is 11.5 Å². The van der Waals surface area contributed by atoms with Gasteiger partial charge in [-0.25, -0.2) is 4.78 Å². The van der Waals surface area contributed by atoms with Crippen LogP contribution >= 0.6 is 47.6 Å². The summed E-state index contributed by atoms with van der Waals surface area (Å²) in [5.41, 5.74) is 1.81. The molecule has 0 heterocycles. The number of nitrogens with one attached hydrogen (secondary N) is 2. The molecule has 2 rings (SSSR count). The summed E-state index contributed by atoms with van der Waals surface area (Å²) in [6.45, 7) is 0.216. The van der Waals surface area contributed by atoms with Crippen molar-refractivity contribution in [2.75, 3.05) is 61.1 Å². The number of carbonyl (C=O) groups excluding carboxylic acids is 1. The summed E-state index contributed by atoms with van der Waals surface area (Å²) < 4.78 is 32.0. The van der Waals surface area contributed by atoms with E-state index in [1.165, 1.54) is 33.3 Å². The van der Waals surface area contributed by atoms with E-state index in [1.807, 2.05) is 36.4 Å². The molecule has 0 aliphatic carbocycles. The average molecular weight is 790 g/mol. The van der Waals surface area contributed by atoms with Crippen molar-refractivity contribution in [3.05, 3.63) is 59.7 Å². The minimum absolute atomic E-state index is 0.102. The molecule has 0 aromatic heterocycles. The Bertz CT molecular complexity index is 1350. The van der Waals surface area contributed by atoms with E-state index < -0.39 is 23.0 Å². The molecule has 4 N–H and O–H groups in total. The van der Waals surface area contributed by atoms with E-state index in [4.69, 9.17) is 44.4 Å². The molecule has 2 aromatic rings. The zero-order valence-corrected chi connectivity index (χ0v) is 33.0. The predicted molar refractivity (Wildman–Crippen MR) is 196 cm³/mol. The maximum absolute atomic E-state index is 12.7. The Hall–Kier alpha value is -1.49. The van der Waals surface area contributed by atoms with Crippen LogP contribution in [0.3, 0.4) is 0 Å². The topological polar surface area (TPSA) is 192 Å². The SMILES string of the molecule is CO[PH](O)(CN(CC(=O)NCCc1ccc(O[PH](=S)N(C)N=Cc2ccc(O/N=P\N=P\P=N)cc2)cc1)C[PH](O)(OC)OC)OC. The summed E-state index contributed by atoms with van der Waals surface area (Å²) in [5.74, 6) is 0.854. The molecule has 47 heavy (non-hydrogen) atoms. The predicted octanol–water partition coefficient (Wildman–Crippen LogP) is 6.07. The quantitative estimate of drug-likeness (QED) is 0.0613. The van der Waals surface area contributed by atoms with Crippen molar-refractivity contribution >= 4 is 71.5 Å². The summed E-state index contributed by atoms with van der Waals surface area (Å²) in [4.78, 5) is 44.4. The van der Waals surface area contributed by atoms with Crippen molar-refractivity contribution in [3.63, 3.8) is 0 Å². The zero-order chi connectivity index (χ0) is 34.7. The molecule has 262 valence electrons. The number of rotatable bonds is 22. The van der Waals surface area contributed by atoms with Gasteiger partial charge in [0.05, 0.1) is 22.3 Å². The van der Waals surface area contributed by atoms with Crippen molar-refractivity contribution in [2.24, 2.45) is 14.5 Å². The summed E-state index contributed by atoms with van der Waals surface area (Å²) >= 11 is 5.55. The maximum atomic E-state index is 12.7. The van der Waals surface area contributed by atoms with E-state index >= 15 is 0 Å². The molecule has 16 nitrogen and oxygen atoms in total. The summed E-state index contributed by atoms with van der Waals surface area (Å²) in [6.07, 6.45) is 2.03. The molecule has 0 fully saturated rings. The van der Waals surface area contributed by atoms with Crippen molar-refractivity contribution in [2.45, 2.75) is 6.42 Å². The van der Waals surface area contributed by atoms with E-state index in [-0.39, 0.29) is 25.0 Å². The van der Waals surface area contributed by atoms with E-state index in [0.29, 0.717) is 49.1 Å². The van der Waals surface area contributed by atoms with Crippen molar-refractivity contribution in [3.8, 4) is 11.5 Å². The van der Waals surface area contributed by atoms with Gasteiger partial charge in [0, 0.05) is 7.05 Å². The monoisotopic (exact) mass is 789 g/mol. The van der Waals surface area contributed by atoms with Gasteiger partial charge in [0.1, 0.15) is 0 Å². The fourth-order valence-corrected chi connectivity index (χ4v) is 8.54. The van der Waals surface area contributed by atoms with E-state index in [1.54, 1.807) is 30.2 Å². The van der Waals surface area contributed by atoms with Gasteiger partial charge in [0.25, 0.3) is 0 Å². The van der Waals surface area contributed by atoms with Gasteiger partial charge in [0.15, 0.2) is 5.75 Å². The summed E-state index contributed by atoms with van der Waals surface area (Å²) in [6, 6.07) is 14.6. The van der Waals surface area contributed by atoms with Crippen LogP contribution in [0.2, 0.25) is 0 Å². The van der Waals surface area contributed by atoms with Gasteiger partial charge in [-0.3, -0.25) is 5.16 Å². The van der Waals surface area contributed by atoms with Gasteiger partial charge in [-0.15, -0.1) is 0 Å². The van der Waals surface area contributed by atoms with Crippen LogP contribution in [0.15, 0.2) is 63.1 Å². The molecule has 0 saturated heterocycles. The van der Waals surface area contributed by atoms with Gasteiger partial charge in [-0.05, 0) is 46.5 Å². The molecule has 23 heteroatoms. The number of hydrogen-bond acceptors (Lipinski definition) is 14. The molecular formula is C24H41N7O9P6S. The van der Waals surface area contributed by atoms with Gasteiger partial charge < -0.3 is 4.84 Å². The number of carbonyl (C=O) groups is 1. The first-order chi connectivity index (χ1) is 22.5. The second kappa shape index (κ2) is 22.3. The standard InChI is InChI=1S/C24H41N7O9P6S/c1-30(27-16-21-8-10-22(11-9-21)39-28-42-29-43-41-25)44(47)40-23-12-6-20(7-13-23)14-15-26-24(32)17-31(18-45(33,35-2)36-3)19-46(34,37-4)38-5/h6-13,16,25,33-34,44-46H,14-15,17-19H2,1-5H3,(H,26,32). The molecule has 0 aliphatic heterocycles. The molecule has 1 unspecified atom stereocenters. The Balaban J connectivity index is 1.84. The van der Waals surface area contributed by atoms with Crippen molar-refractivity contribution in [1.29, 1.82) is 5.16 Å². The zero-order valence-electron chi connectivity index (χ0n) is 26.5. The van der Waals surface area contributed by atoms with Crippen molar-refractivity contribution < 1.29 is 42.0 Å². The first-order valence-corrected chi connectivity index (χ1v) is 23.3. The fraction of sp³-hybridized carbons (Fsp3) is 0.417. The summed E-state index contributed by atoms with van der Waals surface area (Å²) in [7, 11) is -0.563. The van der Waals surface area contributed by atoms with Crippen LogP contribution in [0, 0.1) is 5.16 Å². The second-order valence-electron chi connectivity index (χ2n) is 9.38. The van der Waals surface area contributed by atoms with Crippen molar-refractivity contribution in [1.82, 2.24) is 15.0 Å². The van der Waals surface area contributed by atoms with E-state index in [0.717, 1.165) is 11.1 Å². The van der Waals surface area contributed by atoms with Crippen LogP contribution in [0.1, 0.15) is 11.1 Å². The Morgan fingerprint density at radius 2 is 1.57 bits per heavy atom. The number of hydrogen-bond donors (Lipinski definition) is 4. The Morgan fingerprint density at radius 3 is 2.13 bits per heavy atom. The van der Waals surface area contributed by atoms with E-state index in [9.17, 15) is 14.6 Å². The van der Waals surface area contributed by atoms with Gasteiger partial charge >= 0.3 is 165 Å². The first kappa shape index (κ1) is 41.7. The molecule has 1 amide bonds. The Kier molecular flexibility index (Phi) is 19.8. The number of benzene rings is 2. The molecule has 0 bridgehead atoms. The molecule has 2 aromatic carbocycles. The third-order valence-corrected chi connectivity index (χ3v) is 14.4. The van der Waals surface area contributed by atoms with Crippen LogP contribution in [-0.4, -0.2) is 92.7 Å². The van der Waals surface area contributed by atoms with Crippen LogP contribution in [0.4, 0.5) is 0 Å². The normalized spacial score (nSPS) is 13.9. The van der Waals surface area contributed by atoms with E-state index in [2.05, 4.69) is 19.8 Å². The summed E-state index contributed by atoms with van der Waals surface area (Å²) in [5, 5.41) is 14.2. The van der Waals surface area contributed by atoms with Crippen LogP contribution < -0.4 is 14.7 Å². The number of hydrazone groups is 1. The van der Waals surface area contributed by atoms with Gasteiger partial charge in [-0.2, -0.15) is 9.62 Å². The van der Waals surface area contributed by atoms with Gasteiger partial charge in [-0.1, -0.05) is 0 Å². The number of amides is 1. The number of nitrogens with zero attached hydrogens (tertiary/aromatic N) is 5. The Labute approximate surface area is 286 Å². The van der Waals surface area contributed by atoms with Crippen LogP contribution in [0.25, 0.3) is 0 Å². The molecule has 0 aliphatic rings. The van der Waals surface area contributed by atoms with Crippen LogP contribution in [-0.2, 0) is 41.1 Å². The molecular weight excluding hydrogens is 748 g/mol. The second-order valence-corrected chi connectivity index (χ2v) is 19.5. The average Bonchev–Trinajstić information content (AvgIpc) is 3.08. The molecule has 0 radical (unpaired) electrons. The molecule has 0 saturated carbocycles. The third-order valence-electron chi connectivity index (χ3n) is 6.19. The van der Waals surface area contributed by atoms with Gasteiger partial charge in [0.2, 0.25) is 15.6 Å². The third kappa shape index (κ3) is 16.2. The Morgan fingerprint density at radius 1 is 1.00 bits per heavy atom. The molecule has 1 atom stereocenters.